The maximum atomic E-state index is 13.8. The quantitative estimate of drug-likeness (QED) is 0.801. The maximum absolute atomic E-state index is 13.8. The Kier molecular flexibility index (Phi) is 5.80. The summed E-state index contributed by atoms with van der Waals surface area (Å²) in [5.41, 5.74) is 2.25. The first-order valence-electron chi connectivity index (χ1n) is 8.50. The molecule has 118 valence electrons. The van der Waals surface area contributed by atoms with E-state index in [1.165, 1.54) is 31.2 Å². The van der Waals surface area contributed by atoms with E-state index in [1.54, 1.807) is 12.1 Å². The highest BCUT2D eigenvalue weighted by Crippen LogP contribution is 2.41. The molecule has 21 heavy (non-hydrogen) atoms. The highest BCUT2D eigenvalue weighted by Gasteiger charge is 2.31. The van der Waals surface area contributed by atoms with E-state index >= 15 is 0 Å². The first-order chi connectivity index (χ1) is 9.99. The summed E-state index contributed by atoms with van der Waals surface area (Å²) >= 11 is 0. The minimum absolute atomic E-state index is 0.0841. The van der Waals surface area contributed by atoms with Crippen molar-refractivity contribution in [2.45, 2.75) is 65.3 Å². The fraction of sp³-hybridized carbons (Fsp3) is 0.684. The molecule has 1 aliphatic rings. The molecule has 0 aliphatic heterocycles. The molecule has 0 bridgehead atoms. The molecule has 1 saturated carbocycles. The van der Waals surface area contributed by atoms with Gasteiger partial charge in [0.1, 0.15) is 5.82 Å². The lowest BCUT2D eigenvalue weighted by atomic mass is 9.70. The molecule has 1 aromatic rings. The Morgan fingerprint density at radius 3 is 2.62 bits per heavy atom. The van der Waals surface area contributed by atoms with Crippen LogP contribution >= 0.6 is 0 Å². The van der Waals surface area contributed by atoms with E-state index in [1.807, 2.05) is 6.92 Å². The fourth-order valence-corrected chi connectivity index (χ4v) is 3.71. The van der Waals surface area contributed by atoms with Crippen molar-refractivity contribution >= 4 is 0 Å². The number of benzene rings is 1. The lowest BCUT2D eigenvalue weighted by molar-refractivity contribution is 0.222. The van der Waals surface area contributed by atoms with Crippen LogP contribution in [0.25, 0.3) is 0 Å². The van der Waals surface area contributed by atoms with Crippen LogP contribution in [0.2, 0.25) is 0 Å². The van der Waals surface area contributed by atoms with E-state index in [-0.39, 0.29) is 5.82 Å². The SMILES string of the molecule is CCC1CCC(CNC(C)C)C(c2cc(C)cc(F)c2)C1. The molecule has 1 N–H and O–H groups in total. The summed E-state index contributed by atoms with van der Waals surface area (Å²) in [5.74, 6) is 1.86. The lowest BCUT2D eigenvalue weighted by Crippen LogP contribution is -2.35. The fourth-order valence-electron chi connectivity index (χ4n) is 3.71. The van der Waals surface area contributed by atoms with Gasteiger partial charge in [-0.05, 0) is 67.3 Å². The third kappa shape index (κ3) is 4.54. The first kappa shape index (κ1) is 16.5. The second-order valence-corrected chi connectivity index (χ2v) is 7.08. The Morgan fingerprint density at radius 1 is 1.24 bits per heavy atom. The van der Waals surface area contributed by atoms with Crippen molar-refractivity contribution in [3.05, 3.63) is 35.1 Å². The van der Waals surface area contributed by atoms with Gasteiger partial charge in [0, 0.05) is 6.04 Å². The number of rotatable bonds is 5. The largest absolute Gasteiger partial charge is 0.314 e. The molecule has 0 spiro atoms. The molecule has 0 heterocycles. The van der Waals surface area contributed by atoms with Crippen molar-refractivity contribution in [2.75, 3.05) is 6.54 Å². The highest BCUT2D eigenvalue weighted by atomic mass is 19.1. The van der Waals surface area contributed by atoms with E-state index in [4.69, 9.17) is 0 Å². The first-order valence-corrected chi connectivity index (χ1v) is 8.50. The molecule has 1 fully saturated rings. The van der Waals surface area contributed by atoms with Gasteiger partial charge in [0.05, 0.1) is 0 Å². The molecular formula is C19H30FN. The van der Waals surface area contributed by atoms with Crippen molar-refractivity contribution in [1.29, 1.82) is 0 Å². The van der Waals surface area contributed by atoms with E-state index in [0.29, 0.717) is 17.9 Å². The maximum Gasteiger partial charge on any atom is 0.123 e. The van der Waals surface area contributed by atoms with Crippen LogP contribution in [-0.2, 0) is 0 Å². The molecule has 3 unspecified atom stereocenters. The third-order valence-electron chi connectivity index (χ3n) is 4.96. The molecule has 2 heteroatoms. The van der Waals surface area contributed by atoms with Gasteiger partial charge in [0.2, 0.25) is 0 Å². The summed E-state index contributed by atoms with van der Waals surface area (Å²) < 4.78 is 13.8. The monoisotopic (exact) mass is 291 g/mol. The van der Waals surface area contributed by atoms with E-state index in [2.05, 4.69) is 32.2 Å². The van der Waals surface area contributed by atoms with Crippen LogP contribution in [0.5, 0.6) is 0 Å². The van der Waals surface area contributed by atoms with Crippen LogP contribution in [0, 0.1) is 24.6 Å². The molecule has 0 saturated heterocycles. The number of hydrogen-bond donors (Lipinski definition) is 1. The zero-order chi connectivity index (χ0) is 15.4. The molecule has 0 amide bonds. The second-order valence-electron chi connectivity index (χ2n) is 7.08. The van der Waals surface area contributed by atoms with Gasteiger partial charge in [-0.1, -0.05) is 39.7 Å². The number of nitrogens with one attached hydrogen (secondary N) is 1. The summed E-state index contributed by atoms with van der Waals surface area (Å²) in [6.07, 6.45) is 5.04. The molecule has 0 radical (unpaired) electrons. The van der Waals surface area contributed by atoms with E-state index < -0.39 is 0 Å². The summed E-state index contributed by atoms with van der Waals surface area (Å²) in [5, 5.41) is 3.58. The van der Waals surface area contributed by atoms with Gasteiger partial charge in [-0.25, -0.2) is 4.39 Å². The summed E-state index contributed by atoms with van der Waals surface area (Å²) in [4.78, 5) is 0. The minimum atomic E-state index is -0.0841. The van der Waals surface area contributed by atoms with Crippen molar-refractivity contribution in [1.82, 2.24) is 5.32 Å². The molecule has 0 aromatic heterocycles. The van der Waals surface area contributed by atoms with Crippen molar-refractivity contribution in [3.8, 4) is 0 Å². The Bertz CT molecular complexity index is 435. The van der Waals surface area contributed by atoms with Gasteiger partial charge in [-0.3, -0.25) is 0 Å². The number of hydrogen-bond acceptors (Lipinski definition) is 1. The predicted octanol–water partition coefficient (Wildman–Crippen LogP) is 5.04. The molecule has 1 aliphatic carbocycles. The lowest BCUT2D eigenvalue weighted by Gasteiger charge is -2.37. The predicted molar refractivity (Wildman–Crippen MR) is 88.1 cm³/mol. The average Bonchev–Trinajstić information content (AvgIpc) is 2.43. The molecule has 1 aromatic carbocycles. The van der Waals surface area contributed by atoms with Gasteiger partial charge in [-0.2, -0.15) is 0 Å². The van der Waals surface area contributed by atoms with Crippen molar-refractivity contribution in [3.63, 3.8) is 0 Å². The zero-order valence-corrected chi connectivity index (χ0v) is 14.0. The Labute approximate surface area is 129 Å². The van der Waals surface area contributed by atoms with Crippen LogP contribution < -0.4 is 5.32 Å². The Hall–Kier alpha value is -0.890. The summed E-state index contributed by atoms with van der Waals surface area (Å²) in [7, 11) is 0. The van der Waals surface area contributed by atoms with Gasteiger partial charge in [0.15, 0.2) is 0 Å². The van der Waals surface area contributed by atoms with Crippen LogP contribution in [0.15, 0.2) is 18.2 Å². The van der Waals surface area contributed by atoms with Gasteiger partial charge in [-0.15, -0.1) is 0 Å². The van der Waals surface area contributed by atoms with Crippen molar-refractivity contribution < 1.29 is 4.39 Å². The van der Waals surface area contributed by atoms with Crippen LogP contribution in [0.3, 0.4) is 0 Å². The van der Waals surface area contributed by atoms with Crippen molar-refractivity contribution in [2.24, 2.45) is 11.8 Å². The molecular weight excluding hydrogens is 261 g/mol. The summed E-state index contributed by atoms with van der Waals surface area (Å²) in [6, 6.07) is 6.10. The molecule has 3 atom stereocenters. The highest BCUT2D eigenvalue weighted by molar-refractivity contribution is 5.27. The third-order valence-corrected chi connectivity index (χ3v) is 4.96. The number of halogens is 1. The molecule has 1 nitrogen and oxygen atoms in total. The standard InChI is InChI=1S/C19H30FN/c1-5-15-6-7-16(12-21-13(2)3)19(10-15)17-8-14(4)9-18(20)11-17/h8-9,11,13,15-16,19,21H,5-7,10,12H2,1-4H3. The normalized spacial score (nSPS) is 26.3. The summed E-state index contributed by atoms with van der Waals surface area (Å²) in [6.45, 7) is 9.71. The van der Waals surface area contributed by atoms with Gasteiger partial charge >= 0.3 is 0 Å². The van der Waals surface area contributed by atoms with Crippen LogP contribution in [0.1, 0.15) is 63.5 Å². The van der Waals surface area contributed by atoms with Gasteiger partial charge < -0.3 is 5.32 Å². The number of aryl methyl sites for hydroxylation is 1. The smallest absolute Gasteiger partial charge is 0.123 e. The Balaban J connectivity index is 2.19. The topological polar surface area (TPSA) is 12.0 Å². The zero-order valence-electron chi connectivity index (χ0n) is 14.0. The van der Waals surface area contributed by atoms with Crippen LogP contribution in [0.4, 0.5) is 4.39 Å². The van der Waals surface area contributed by atoms with Crippen LogP contribution in [-0.4, -0.2) is 12.6 Å². The molecule has 2 rings (SSSR count). The van der Waals surface area contributed by atoms with E-state index in [9.17, 15) is 4.39 Å². The Morgan fingerprint density at radius 2 is 2.00 bits per heavy atom. The van der Waals surface area contributed by atoms with Gasteiger partial charge in [0.25, 0.3) is 0 Å². The second kappa shape index (κ2) is 7.40. The minimum Gasteiger partial charge on any atom is -0.314 e. The van der Waals surface area contributed by atoms with E-state index in [0.717, 1.165) is 18.0 Å². The average molecular weight is 291 g/mol.